The van der Waals surface area contributed by atoms with Crippen LogP contribution in [0.4, 0.5) is 0 Å². The molecular weight excluding hydrogens is 316 g/mol. The van der Waals surface area contributed by atoms with Crippen LogP contribution in [0.2, 0.25) is 5.02 Å². The fourth-order valence-electron chi connectivity index (χ4n) is 3.41. The fourth-order valence-corrected chi connectivity index (χ4v) is 5.41. The first-order valence-electron chi connectivity index (χ1n) is 6.68. The number of carbonyl (C=O) groups is 1. The minimum atomic E-state index is -3.79. The maximum atomic E-state index is 12.8. The van der Waals surface area contributed by atoms with Crippen molar-refractivity contribution >= 4 is 27.5 Å². The summed E-state index contributed by atoms with van der Waals surface area (Å²) in [5, 5.41) is 9.32. The van der Waals surface area contributed by atoms with Crippen LogP contribution in [0.3, 0.4) is 0 Å². The average Bonchev–Trinajstić information content (AvgIpc) is 3.07. The second-order valence-electron chi connectivity index (χ2n) is 5.44. The molecule has 0 spiro atoms. The van der Waals surface area contributed by atoms with Crippen LogP contribution < -0.4 is 5.48 Å². The van der Waals surface area contributed by atoms with Crippen molar-refractivity contribution in [1.29, 1.82) is 0 Å². The van der Waals surface area contributed by atoms with Gasteiger partial charge in [0.05, 0.1) is 4.90 Å². The summed E-state index contributed by atoms with van der Waals surface area (Å²) in [5.74, 6) is -0.705. The van der Waals surface area contributed by atoms with E-state index in [2.05, 4.69) is 0 Å². The molecule has 21 heavy (non-hydrogen) atoms. The van der Waals surface area contributed by atoms with Crippen LogP contribution in [0.1, 0.15) is 19.3 Å². The van der Waals surface area contributed by atoms with Crippen molar-refractivity contribution < 1.29 is 18.4 Å². The van der Waals surface area contributed by atoms with Gasteiger partial charge in [0.2, 0.25) is 10.0 Å². The maximum Gasteiger partial charge on any atom is 0.262 e. The van der Waals surface area contributed by atoms with E-state index in [1.165, 1.54) is 28.6 Å². The summed E-state index contributed by atoms with van der Waals surface area (Å²) < 4.78 is 26.8. The van der Waals surface area contributed by atoms with E-state index >= 15 is 0 Å². The molecule has 1 aliphatic heterocycles. The molecule has 0 radical (unpaired) electrons. The van der Waals surface area contributed by atoms with Gasteiger partial charge in [0, 0.05) is 11.1 Å². The number of hydroxylamine groups is 1. The number of amides is 1. The van der Waals surface area contributed by atoms with Crippen LogP contribution in [0, 0.1) is 5.92 Å². The zero-order valence-corrected chi connectivity index (χ0v) is 12.6. The number of halogens is 1. The van der Waals surface area contributed by atoms with Crippen LogP contribution in [0.15, 0.2) is 29.2 Å². The molecular formula is C13H15ClN2O4S. The first-order chi connectivity index (χ1) is 9.95. The largest absolute Gasteiger partial charge is 0.289 e. The highest BCUT2D eigenvalue weighted by Gasteiger charge is 2.54. The molecule has 0 aromatic heterocycles. The lowest BCUT2D eigenvalue weighted by atomic mass is 10.00. The van der Waals surface area contributed by atoms with Crippen LogP contribution in [0.5, 0.6) is 0 Å². The molecule has 2 aliphatic rings. The van der Waals surface area contributed by atoms with Gasteiger partial charge in [-0.15, -0.1) is 0 Å². The van der Waals surface area contributed by atoms with E-state index in [0.29, 0.717) is 11.4 Å². The number of carbonyl (C=O) groups excluding carboxylic acids is 1. The van der Waals surface area contributed by atoms with Gasteiger partial charge in [0.25, 0.3) is 5.91 Å². The molecule has 2 N–H and O–H groups in total. The number of fused-ring (bicyclic) bond motifs is 2. The number of nitrogens with one attached hydrogen (secondary N) is 1. The van der Waals surface area contributed by atoms with Gasteiger partial charge in [-0.1, -0.05) is 11.6 Å². The van der Waals surface area contributed by atoms with Crippen molar-refractivity contribution in [3.8, 4) is 0 Å². The Kier molecular flexibility index (Phi) is 3.69. The van der Waals surface area contributed by atoms with E-state index in [-0.39, 0.29) is 16.9 Å². The molecule has 6 nitrogen and oxygen atoms in total. The Morgan fingerprint density at radius 1 is 1.29 bits per heavy atom. The van der Waals surface area contributed by atoms with Crippen molar-refractivity contribution in [2.24, 2.45) is 5.92 Å². The summed E-state index contributed by atoms with van der Waals surface area (Å²) in [6, 6.07) is 4.84. The fraction of sp³-hybridized carbons (Fsp3) is 0.462. The Hall–Kier alpha value is -1.15. The predicted octanol–water partition coefficient (Wildman–Crippen LogP) is 1.39. The van der Waals surface area contributed by atoms with Gasteiger partial charge in [-0.3, -0.25) is 10.0 Å². The lowest BCUT2D eigenvalue weighted by Crippen LogP contribution is -2.52. The molecule has 1 amide bonds. The summed E-state index contributed by atoms with van der Waals surface area (Å²) in [6.07, 6.45) is 2.20. The molecule has 2 bridgehead atoms. The van der Waals surface area contributed by atoms with Crippen LogP contribution in [-0.4, -0.2) is 35.9 Å². The Morgan fingerprint density at radius 2 is 1.95 bits per heavy atom. The zero-order valence-electron chi connectivity index (χ0n) is 11.1. The van der Waals surface area contributed by atoms with E-state index in [1.54, 1.807) is 5.48 Å². The Bertz CT molecular complexity index is 661. The average molecular weight is 331 g/mol. The molecule has 1 heterocycles. The maximum absolute atomic E-state index is 12.8. The number of piperidine rings is 1. The number of benzene rings is 1. The van der Waals surface area contributed by atoms with Crippen molar-refractivity contribution in [1.82, 2.24) is 9.79 Å². The quantitative estimate of drug-likeness (QED) is 0.647. The van der Waals surface area contributed by atoms with Gasteiger partial charge >= 0.3 is 0 Å². The molecule has 1 saturated carbocycles. The van der Waals surface area contributed by atoms with E-state index in [1.807, 2.05) is 0 Å². The summed E-state index contributed by atoms with van der Waals surface area (Å²) in [7, 11) is -3.79. The molecule has 3 atom stereocenters. The van der Waals surface area contributed by atoms with Gasteiger partial charge in [-0.2, -0.15) is 4.31 Å². The summed E-state index contributed by atoms with van der Waals surface area (Å²) in [4.78, 5) is 12.0. The smallest absolute Gasteiger partial charge is 0.262 e. The SMILES string of the molecule is O=C(NO)[C@H]1C2CC[C@H](C2)N1S(=O)(=O)c1ccc(Cl)cc1. The van der Waals surface area contributed by atoms with Crippen molar-refractivity contribution in [2.45, 2.75) is 36.2 Å². The van der Waals surface area contributed by atoms with Gasteiger partial charge < -0.3 is 0 Å². The highest BCUT2D eigenvalue weighted by atomic mass is 35.5. The highest BCUT2D eigenvalue weighted by molar-refractivity contribution is 7.89. The first kappa shape index (κ1) is 14.8. The third kappa shape index (κ3) is 2.34. The minimum Gasteiger partial charge on any atom is -0.289 e. The molecule has 1 saturated heterocycles. The number of sulfonamides is 1. The lowest BCUT2D eigenvalue weighted by Gasteiger charge is -2.32. The van der Waals surface area contributed by atoms with E-state index < -0.39 is 22.0 Å². The van der Waals surface area contributed by atoms with Gasteiger partial charge in [0.15, 0.2) is 0 Å². The van der Waals surface area contributed by atoms with E-state index in [9.17, 15) is 13.2 Å². The number of hydrogen-bond acceptors (Lipinski definition) is 4. The molecule has 1 aromatic carbocycles. The van der Waals surface area contributed by atoms with E-state index in [4.69, 9.17) is 16.8 Å². The lowest BCUT2D eigenvalue weighted by molar-refractivity contribution is -0.134. The van der Waals surface area contributed by atoms with Crippen LogP contribution >= 0.6 is 11.6 Å². The second-order valence-corrected chi connectivity index (χ2v) is 7.72. The Morgan fingerprint density at radius 3 is 2.57 bits per heavy atom. The van der Waals surface area contributed by atoms with Crippen molar-refractivity contribution in [3.63, 3.8) is 0 Å². The summed E-state index contributed by atoms with van der Waals surface area (Å²) in [5.41, 5.74) is 1.59. The molecule has 8 heteroatoms. The van der Waals surface area contributed by atoms with Gasteiger partial charge in [-0.25, -0.2) is 13.9 Å². The normalized spacial score (nSPS) is 28.8. The monoisotopic (exact) mass is 330 g/mol. The summed E-state index contributed by atoms with van der Waals surface area (Å²) in [6.45, 7) is 0. The second kappa shape index (κ2) is 5.24. The minimum absolute atomic E-state index is 0.0378. The third-order valence-corrected chi connectivity index (χ3v) is 6.49. The van der Waals surface area contributed by atoms with Crippen LogP contribution in [0.25, 0.3) is 0 Å². The molecule has 1 aromatic rings. The zero-order chi connectivity index (χ0) is 15.2. The van der Waals surface area contributed by atoms with E-state index in [0.717, 1.165) is 12.8 Å². The molecule has 2 fully saturated rings. The van der Waals surface area contributed by atoms with Gasteiger partial charge in [-0.05, 0) is 49.4 Å². The van der Waals surface area contributed by atoms with Crippen molar-refractivity contribution in [2.75, 3.05) is 0 Å². The van der Waals surface area contributed by atoms with Crippen molar-refractivity contribution in [3.05, 3.63) is 29.3 Å². The Labute approximate surface area is 127 Å². The molecule has 3 rings (SSSR count). The number of nitrogens with zero attached hydrogens (tertiary/aromatic N) is 1. The number of hydrogen-bond donors (Lipinski definition) is 2. The highest BCUT2D eigenvalue weighted by Crippen LogP contribution is 2.45. The predicted molar refractivity (Wildman–Crippen MR) is 75.3 cm³/mol. The standard InChI is InChI=1S/C13H15ClN2O4S/c14-9-2-5-11(6-3-9)21(19,20)16-10-4-1-8(7-10)12(16)13(17)15-18/h2-3,5-6,8,10,12,18H,1,4,7H2,(H,15,17)/t8?,10-,12-/m1/s1. The Balaban J connectivity index is 2.00. The van der Waals surface area contributed by atoms with Gasteiger partial charge in [0.1, 0.15) is 6.04 Å². The topological polar surface area (TPSA) is 86.7 Å². The third-order valence-electron chi connectivity index (χ3n) is 4.29. The summed E-state index contributed by atoms with van der Waals surface area (Å²) >= 11 is 5.78. The molecule has 114 valence electrons. The van der Waals surface area contributed by atoms with Crippen LogP contribution in [-0.2, 0) is 14.8 Å². The molecule has 1 aliphatic carbocycles. The first-order valence-corrected chi connectivity index (χ1v) is 8.50. The molecule has 1 unspecified atom stereocenters. The number of rotatable bonds is 3.